The Morgan fingerprint density at radius 2 is 2.11 bits per heavy atom. The van der Waals surface area contributed by atoms with E-state index in [1.807, 2.05) is 13.0 Å². The molecule has 100 valence electrons. The Morgan fingerprint density at radius 3 is 2.72 bits per heavy atom. The molecule has 0 bridgehead atoms. The van der Waals surface area contributed by atoms with Crippen molar-refractivity contribution < 1.29 is 0 Å². The average Bonchev–Trinajstić information content (AvgIpc) is 3.18. The highest BCUT2D eigenvalue weighted by Gasteiger charge is 2.27. The van der Waals surface area contributed by atoms with E-state index in [0.29, 0.717) is 11.6 Å². The molecule has 4 N–H and O–H groups in total. The SMILES string of the molecule is CCN(CCNc1cc(NN)nc(C)n1)C1CC1. The number of likely N-dealkylation sites (N-methyl/N-ethyl adjacent to an activating group) is 1. The Bertz CT molecular complexity index is 390. The van der Waals surface area contributed by atoms with Gasteiger partial charge in [-0.15, -0.1) is 0 Å². The maximum atomic E-state index is 5.36. The van der Waals surface area contributed by atoms with E-state index in [-0.39, 0.29) is 0 Å². The van der Waals surface area contributed by atoms with Gasteiger partial charge in [0.05, 0.1) is 0 Å². The summed E-state index contributed by atoms with van der Waals surface area (Å²) in [7, 11) is 0. The van der Waals surface area contributed by atoms with E-state index in [1.54, 1.807) is 0 Å². The molecule has 1 aromatic rings. The zero-order chi connectivity index (χ0) is 13.0. The molecule has 0 unspecified atom stereocenters. The summed E-state index contributed by atoms with van der Waals surface area (Å²) in [5, 5.41) is 3.32. The molecule has 0 saturated heterocycles. The Morgan fingerprint density at radius 1 is 1.39 bits per heavy atom. The Hall–Kier alpha value is -1.40. The zero-order valence-electron chi connectivity index (χ0n) is 11.1. The van der Waals surface area contributed by atoms with Crippen LogP contribution in [0, 0.1) is 6.92 Å². The lowest BCUT2D eigenvalue weighted by molar-refractivity contribution is 0.289. The number of nitrogen functional groups attached to an aromatic ring is 1. The lowest BCUT2D eigenvalue weighted by atomic mass is 10.4. The van der Waals surface area contributed by atoms with Crippen LogP contribution < -0.4 is 16.6 Å². The standard InChI is InChI=1S/C12H22N6/c1-3-18(10-4-5-10)7-6-14-11-8-12(17-13)16-9(2)15-11/h8,10H,3-7,13H2,1-2H3,(H2,14,15,16,17). The molecule has 1 aromatic heterocycles. The van der Waals surface area contributed by atoms with Crippen molar-refractivity contribution >= 4 is 11.6 Å². The van der Waals surface area contributed by atoms with Crippen LogP contribution in [0.3, 0.4) is 0 Å². The number of nitrogens with one attached hydrogen (secondary N) is 2. The molecular formula is C12H22N6. The summed E-state index contributed by atoms with van der Waals surface area (Å²) in [6.07, 6.45) is 2.70. The molecule has 6 nitrogen and oxygen atoms in total. The second-order valence-electron chi connectivity index (χ2n) is 4.62. The highest BCUT2D eigenvalue weighted by Crippen LogP contribution is 2.25. The molecule has 2 rings (SSSR count). The van der Waals surface area contributed by atoms with E-state index in [0.717, 1.165) is 31.5 Å². The summed E-state index contributed by atoms with van der Waals surface area (Å²) in [4.78, 5) is 11.0. The van der Waals surface area contributed by atoms with Crippen molar-refractivity contribution in [2.75, 3.05) is 30.4 Å². The molecule has 0 radical (unpaired) electrons. The first-order valence-electron chi connectivity index (χ1n) is 6.53. The third kappa shape index (κ3) is 3.54. The van der Waals surface area contributed by atoms with E-state index in [2.05, 4.69) is 32.5 Å². The summed E-state index contributed by atoms with van der Waals surface area (Å²) >= 11 is 0. The number of nitrogens with zero attached hydrogens (tertiary/aromatic N) is 3. The maximum absolute atomic E-state index is 5.36. The normalized spacial score (nSPS) is 14.9. The smallest absolute Gasteiger partial charge is 0.145 e. The van der Waals surface area contributed by atoms with Crippen LogP contribution in [-0.4, -0.2) is 40.5 Å². The number of hydrogen-bond acceptors (Lipinski definition) is 6. The first-order chi connectivity index (χ1) is 8.72. The zero-order valence-corrected chi connectivity index (χ0v) is 11.1. The summed E-state index contributed by atoms with van der Waals surface area (Å²) in [6, 6.07) is 2.63. The molecule has 6 heteroatoms. The number of aromatic nitrogens is 2. The molecule has 1 heterocycles. The van der Waals surface area contributed by atoms with Crippen LogP contribution in [-0.2, 0) is 0 Å². The lowest BCUT2D eigenvalue weighted by Crippen LogP contribution is -2.31. The van der Waals surface area contributed by atoms with E-state index < -0.39 is 0 Å². The minimum absolute atomic E-state index is 0.638. The molecular weight excluding hydrogens is 228 g/mol. The van der Waals surface area contributed by atoms with Crippen LogP contribution >= 0.6 is 0 Å². The van der Waals surface area contributed by atoms with Crippen molar-refractivity contribution in [3.63, 3.8) is 0 Å². The second kappa shape index (κ2) is 5.97. The van der Waals surface area contributed by atoms with Gasteiger partial charge in [-0.3, -0.25) is 4.90 Å². The minimum atomic E-state index is 0.638. The van der Waals surface area contributed by atoms with E-state index in [9.17, 15) is 0 Å². The molecule has 1 aliphatic rings. The number of hydrogen-bond donors (Lipinski definition) is 3. The number of nitrogens with two attached hydrogens (primary N) is 1. The van der Waals surface area contributed by atoms with Crippen molar-refractivity contribution in [2.45, 2.75) is 32.7 Å². The van der Waals surface area contributed by atoms with Crippen molar-refractivity contribution in [3.8, 4) is 0 Å². The third-order valence-electron chi connectivity index (χ3n) is 3.16. The fourth-order valence-electron chi connectivity index (χ4n) is 2.10. The molecule has 0 atom stereocenters. The van der Waals surface area contributed by atoms with Crippen molar-refractivity contribution in [1.82, 2.24) is 14.9 Å². The van der Waals surface area contributed by atoms with Gasteiger partial charge in [-0.25, -0.2) is 15.8 Å². The fraction of sp³-hybridized carbons (Fsp3) is 0.667. The number of anilines is 2. The predicted octanol–water partition coefficient (Wildman–Crippen LogP) is 0.967. The monoisotopic (exact) mass is 250 g/mol. The van der Waals surface area contributed by atoms with Crippen LogP contribution in [0.15, 0.2) is 6.07 Å². The molecule has 1 fully saturated rings. The van der Waals surface area contributed by atoms with Crippen molar-refractivity contribution in [2.24, 2.45) is 5.84 Å². The van der Waals surface area contributed by atoms with Gasteiger partial charge >= 0.3 is 0 Å². The van der Waals surface area contributed by atoms with Gasteiger partial charge in [0.15, 0.2) is 0 Å². The maximum Gasteiger partial charge on any atom is 0.145 e. The topological polar surface area (TPSA) is 79.1 Å². The van der Waals surface area contributed by atoms with Crippen LogP contribution in [0.1, 0.15) is 25.6 Å². The molecule has 0 spiro atoms. The minimum Gasteiger partial charge on any atom is -0.369 e. The average molecular weight is 250 g/mol. The first kappa shape index (κ1) is 13.0. The Balaban J connectivity index is 1.83. The van der Waals surface area contributed by atoms with Gasteiger partial charge in [0, 0.05) is 25.2 Å². The number of aryl methyl sites for hydroxylation is 1. The van der Waals surface area contributed by atoms with Gasteiger partial charge in [-0.05, 0) is 26.3 Å². The summed E-state index contributed by atoms with van der Waals surface area (Å²) < 4.78 is 0. The number of rotatable bonds is 7. The molecule has 1 aliphatic carbocycles. The first-order valence-corrected chi connectivity index (χ1v) is 6.53. The van der Waals surface area contributed by atoms with Gasteiger partial charge in [0.25, 0.3) is 0 Å². The second-order valence-corrected chi connectivity index (χ2v) is 4.62. The molecule has 0 aliphatic heterocycles. The largest absolute Gasteiger partial charge is 0.369 e. The molecule has 0 amide bonds. The quantitative estimate of drug-likeness (QED) is 0.494. The van der Waals surface area contributed by atoms with Crippen LogP contribution in [0.4, 0.5) is 11.6 Å². The number of hydrazine groups is 1. The van der Waals surface area contributed by atoms with Crippen molar-refractivity contribution in [1.29, 1.82) is 0 Å². The van der Waals surface area contributed by atoms with Gasteiger partial charge in [0.2, 0.25) is 0 Å². The summed E-state index contributed by atoms with van der Waals surface area (Å²) in [5.41, 5.74) is 2.55. The highest BCUT2D eigenvalue weighted by atomic mass is 15.3. The predicted molar refractivity (Wildman–Crippen MR) is 73.3 cm³/mol. The lowest BCUT2D eigenvalue weighted by Gasteiger charge is -2.20. The Labute approximate surface area is 108 Å². The molecule has 1 saturated carbocycles. The fourth-order valence-corrected chi connectivity index (χ4v) is 2.10. The summed E-state index contributed by atoms with van der Waals surface area (Å²) in [6.45, 7) is 7.13. The van der Waals surface area contributed by atoms with E-state index in [4.69, 9.17) is 5.84 Å². The highest BCUT2D eigenvalue weighted by molar-refractivity contribution is 5.46. The van der Waals surface area contributed by atoms with Gasteiger partial charge in [0.1, 0.15) is 17.5 Å². The Kier molecular flexibility index (Phi) is 4.33. The summed E-state index contributed by atoms with van der Waals surface area (Å²) in [5.74, 6) is 7.53. The molecule has 0 aromatic carbocycles. The van der Waals surface area contributed by atoms with Gasteiger partial charge < -0.3 is 10.7 Å². The van der Waals surface area contributed by atoms with Crippen molar-refractivity contribution in [3.05, 3.63) is 11.9 Å². The van der Waals surface area contributed by atoms with Crippen LogP contribution in [0.2, 0.25) is 0 Å². The van der Waals surface area contributed by atoms with Crippen LogP contribution in [0.5, 0.6) is 0 Å². The van der Waals surface area contributed by atoms with Gasteiger partial charge in [-0.1, -0.05) is 6.92 Å². The van der Waals surface area contributed by atoms with E-state index >= 15 is 0 Å². The third-order valence-corrected chi connectivity index (χ3v) is 3.16. The van der Waals surface area contributed by atoms with Crippen LogP contribution in [0.25, 0.3) is 0 Å². The van der Waals surface area contributed by atoms with Gasteiger partial charge in [-0.2, -0.15) is 0 Å². The van der Waals surface area contributed by atoms with E-state index in [1.165, 1.54) is 12.8 Å². The molecule has 18 heavy (non-hydrogen) atoms.